The number of carbonyl (C=O) groups excluding carboxylic acids is 1. The van der Waals surface area contributed by atoms with E-state index in [1.165, 1.54) is 9.80 Å². The molecule has 2 aromatic rings. The van der Waals surface area contributed by atoms with Crippen LogP contribution in [0.25, 0.3) is 0 Å². The number of likely N-dealkylation sites (N-methyl/N-ethyl adjacent to an activating group) is 1. The molecule has 1 amide bonds. The zero-order valence-corrected chi connectivity index (χ0v) is 15.6. The molecule has 1 atom stereocenters. The molecule has 1 aliphatic heterocycles. The molecule has 2 aromatic carbocycles. The van der Waals surface area contributed by atoms with Crippen molar-refractivity contribution in [2.24, 2.45) is 0 Å². The number of para-hydroxylation sites is 2. The maximum Gasteiger partial charge on any atom is 0.287 e. The molecule has 26 heavy (non-hydrogen) atoms. The first-order valence-electron chi connectivity index (χ1n) is 9.42. The Morgan fingerprint density at radius 1 is 1.04 bits per heavy atom. The number of anilines is 1. The number of benzene rings is 2. The van der Waals surface area contributed by atoms with Gasteiger partial charge in [-0.25, -0.2) is 0 Å². The Morgan fingerprint density at radius 3 is 2.38 bits per heavy atom. The number of ether oxygens (including phenoxy) is 1. The van der Waals surface area contributed by atoms with Crippen LogP contribution in [0.5, 0.6) is 5.75 Å². The van der Waals surface area contributed by atoms with Crippen LogP contribution < -0.4 is 19.9 Å². The van der Waals surface area contributed by atoms with E-state index in [1.807, 2.05) is 49.4 Å². The van der Waals surface area contributed by atoms with Crippen LogP contribution in [0.2, 0.25) is 0 Å². The van der Waals surface area contributed by atoms with Crippen LogP contribution >= 0.6 is 0 Å². The molecule has 1 aliphatic rings. The Balaban J connectivity index is 1.84. The summed E-state index contributed by atoms with van der Waals surface area (Å²) in [4.78, 5) is 16.1. The van der Waals surface area contributed by atoms with E-state index in [1.54, 1.807) is 0 Å². The van der Waals surface area contributed by atoms with E-state index >= 15 is 0 Å². The maximum atomic E-state index is 13.3. The predicted molar refractivity (Wildman–Crippen MR) is 103 cm³/mol. The van der Waals surface area contributed by atoms with Gasteiger partial charge in [0, 0.05) is 5.56 Å². The molecule has 0 radical (unpaired) electrons. The molecule has 1 fully saturated rings. The van der Waals surface area contributed by atoms with Crippen molar-refractivity contribution in [2.75, 3.05) is 45.2 Å². The topological polar surface area (TPSA) is 47.2 Å². The first-order chi connectivity index (χ1) is 12.7. The monoisotopic (exact) mass is 355 g/mol. The summed E-state index contributed by atoms with van der Waals surface area (Å²) in [5, 5.41) is 3.11. The van der Waals surface area contributed by atoms with Gasteiger partial charge in [0.05, 0.1) is 19.3 Å². The molecule has 0 bridgehead atoms. The van der Waals surface area contributed by atoms with Gasteiger partial charge in [0.1, 0.15) is 31.9 Å². The van der Waals surface area contributed by atoms with Gasteiger partial charge in [0.15, 0.2) is 6.04 Å². The van der Waals surface area contributed by atoms with E-state index < -0.39 is 0 Å². The lowest BCUT2D eigenvalue weighted by Crippen LogP contribution is -3.27. The number of piperazine rings is 1. The minimum Gasteiger partial charge on any atom is -0.492 e. The van der Waals surface area contributed by atoms with Gasteiger partial charge in [0.25, 0.3) is 5.91 Å². The molecule has 3 N–H and O–H groups in total. The summed E-state index contributed by atoms with van der Waals surface area (Å²) in [5.74, 6) is 0.742. The Bertz CT molecular complexity index is 712. The summed E-state index contributed by atoms with van der Waals surface area (Å²) in [6.45, 7) is 6.67. The third-order valence-electron chi connectivity index (χ3n) is 4.99. The number of quaternary nitrogens is 2. The standard InChI is InChI=1S/C21H27N3O2/c1-3-26-19-12-8-7-11-18(19)22-21(25)20(17-9-5-4-6-10-17)24-15-13-23(2)14-16-24/h4-12,20H,3,13-16H2,1-2H3,(H,22,25)/p+2/t20-/m0/s1. The van der Waals surface area contributed by atoms with Crippen molar-refractivity contribution >= 4 is 11.6 Å². The summed E-state index contributed by atoms with van der Waals surface area (Å²) in [5.41, 5.74) is 1.80. The Morgan fingerprint density at radius 2 is 1.69 bits per heavy atom. The van der Waals surface area contributed by atoms with E-state index in [0.717, 1.165) is 37.4 Å². The minimum absolute atomic E-state index is 0.0258. The van der Waals surface area contributed by atoms with E-state index in [9.17, 15) is 4.79 Å². The van der Waals surface area contributed by atoms with Gasteiger partial charge in [-0.15, -0.1) is 0 Å². The second-order valence-corrected chi connectivity index (χ2v) is 6.88. The van der Waals surface area contributed by atoms with Gasteiger partial charge in [0.2, 0.25) is 0 Å². The van der Waals surface area contributed by atoms with Gasteiger partial charge in [-0.2, -0.15) is 0 Å². The molecular formula is C21H29N3O2+2. The average molecular weight is 355 g/mol. The van der Waals surface area contributed by atoms with Crippen LogP contribution in [0.4, 0.5) is 5.69 Å². The molecule has 1 saturated heterocycles. The third-order valence-corrected chi connectivity index (χ3v) is 4.99. The number of nitrogens with one attached hydrogen (secondary N) is 3. The van der Waals surface area contributed by atoms with Crippen molar-refractivity contribution in [3.8, 4) is 5.75 Å². The molecule has 3 rings (SSSR count). The largest absolute Gasteiger partial charge is 0.492 e. The SMILES string of the molecule is CCOc1ccccc1NC(=O)[C@H](c1ccccc1)[NH+]1CC[NH+](C)CC1. The third kappa shape index (κ3) is 4.42. The Kier molecular flexibility index (Phi) is 6.26. The highest BCUT2D eigenvalue weighted by Gasteiger charge is 2.35. The Hall–Kier alpha value is -2.37. The van der Waals surface area contributed by atoms with Crippen molar-refractivity contribution in [2.45, 2.75) is 13.0 Å². The van der Waals surface area contributed by atoms with Crippen LogP contribution in [0.15, 0.2) is 54.6 Å². The predicted octanol–water partition coefficient (Wildman–Crippen LogP) is 0.178. The number of hydrogen-bond acceptors (Lipinski definition) is 2. The van der Waals surface area contributed by atoms with Crippen molar-refractivity contribution in [3.63, 3.8) is 0 Å². The fraction of sp³-hybridized carbons (Fsp3) is 0.381. The van der Waals surface area contributed by atoms with Crippen LogP contribution in [0.3, 0.4) is 0 Å². The van der Waals surface area contributed by atoms with Crippen LogP contribution in [-0.2, 0) is 4.79 Å². The average Bonchev–Trinajstić information content (AvgIpc) is 2.66. The lowest BCUT2D eigenvalue weighted by molar-refractivity contribution is -1.01. The second-order valence-electron chi connectivity index (χ2n) is 6.88. The maximum absolute atomic E-state index is 13.3. The summed E-state index contributed by atoms with van der Waals surface area (Å²) >= 11 is 0. The number of carbonyl (C=O) groups is 1. The lowest BCUT2D eigenvalue weighted by atomic mass is 10.0. The van der Waals surface area contributed by atoms with Gasteiger partial charge < -0.3 is 19.9 Å². The van der Waals surface area contributed by atoms with Gasteiger partial charge in [-0.3, -0.25) is 4.79 Å². The second kappa shape index (κ2) is 8.83. The van der Waals surface area contributed by atoms with Crippen molar-refractivity contribution in [3.05, 3.63) is 60.2 Å². The smallest absolute Gasteiger partial charge is 0.287 e. The van der Waals surface area contributed by atoms with E-state index in [2.05, 4.69) is 24.5 Å². The minimum atomic E-state index is -0.209. The molecule has 0 spiro atoms. The summed E-state index contributed by atoms with van der Waals surface area (Å²) in [7, 11) is 2.21. The summed E-state index contributed by atoms with van der Waals surface area (Å²) < 4.78 is 5.66. The van der Waals surface area contributed by atoms with Crippen molar-refractivity contribution in [1.29, 1.82) is 0 Å². The molecule has 0 saturated carbocycles. The first kappa shape index (κ1) is 18.4. The van der Waals surface area contributed by atoms with Crippen LogP contribution in [0, 0.1) is 0 Å². The van der Waals surface area contributed by atoms with E-state index in [-0.39, 0.29) is 11.9 Å². The number of rotatable bonds is 6. The molecule has 1 heterocycles. The summed E-state index contributed by atoms with van der Waals surface area (Å²) in [6.07, 6.45) is 0. The molecule has 5 heteroatoms. The van der Waals surface area contributed by atoms with Crippen molar-refractivity contribution in [1.82, 2.24) is 0 Å². The first-order valence-corrected chi connectivity index (χ1v) is 9.42. The van der Waals surface area contributed by atoms with Gasteiger partial charge >= 0.3 is 0 Å². The van der Waals surface area contributed by atoms with Crippen LogP contribution in [-0.4, -0.2) is 45.7 Å². The molecule has 0 aliphatic carbocycles. The van der Waals surface area contributed by atoms with Crippen molar-refractivity contribution < 1.29 is 19.3 Å². The van der Waals surface area contributed by atoms with Crippen LogP contribution in [0.1, 0.15) is 18.5 Å². The fourth-order valence-corrected chi connectivity index (χ4v) is 3.56. The lowest BCUT2D eigenvalue weighted by Gasteiger charge is -2.32. The van der Waals surface area contributed by atoms with E-state index in [0.29, 0.717) is 12.4 Å². The zero-order chi connectivity index (χ0) is 18.4. The van der Waals surface area contributed by atoms with Gasteiger partial charge in [-0.05, 0) is 19.1 Å². The molecule has 5 nitrogen and oxygen atoms in total. The highest BCUT2D eigenvalue weighted by atomic mass is 16.5. The zero-order valence-electron chi connectivity index (χ0n) is 15.6. The fourth-order valence-electron chi connectivity index (χ4n) is 3.56. The highest BCUT2D eigenvalue weighted by molar-refractivity contribution is 5.95. The molecule has 0 unspecified atom stereocenters. The van der Waals surface area contributed by atoms with Gasteiger partial charge in [-0.1, -0.05) is 42.5 Å². The molecule has 138 valence electrons. The Labute approximate surface area is 155 Å². The number of amides is 1. The van der Waals surface area contributed by atoms with E-state index in [4.69, 9.17) is 4.74 Å². The highest BCUT2D eigenvalue weighted by Crippen LogP contribution is 2.24. The summed E-state index contributed by atoms with van der Waals surface area (Å²) in [6, 6.07) is 17.5. The molecular weight excluding hydrogens is 326 g/mol. The molecule has 0 aromatic heterocycles. The number of hydrogen-bond donors (Lipinski definition) is 3. The quantitative estimate of drug-likeness (QED) is 0.692. The normalized spacial score (nSPS) is 21.0.